The first kappa shape index (κ1) is 22.3. The van der Waals surface area contributed by atoms with Gasteiger partial charge in [0, 0.05) is 12.1 Å². The van der Waals surface area contributed by atoms with E-state index >= 15 is 0 Å². The molecule has 1 aliphatic carbocycles. The summed E-state index contributed by atoms with van der Waals surface area (Å²) in [6.07, 6.45) is 6.41. The molecule has 2 aromatic carbocycles. The molecule has 0 aliphatic heterocycles. The molecular formula is C29H31N3O2. The van der Waals surface area contributed by atoms with E-state index in [0.717, 1.165) is 52.0 Å². The van der Waals surface area contributed by atoms with Crippen LogP contribution in [0.5, 0.6) is 0 Å². The zero-order chi connectivity index (χ0) is 23.9. The second-order valence-corrected chi connectivity index (χ2v) is 9.30. The molecule has 0 radical (unpaired) electrons. The van der Waals surface area contributed by atoms with Crippen LogP contribution in [0.4, 0.5) is 0 Å². The minimum absolute atomic E-state index is 0.131. The second-order valence-electron chi connectivity index (χ2n) is 9.30. The number of ether oxygens (including phenoxy) is 1. The number of carbonyl (C=O) groups is 1. The lowest BCUT2D eigenvalue weighted by molar-refractivity contribution is -0.149. The SMILES string of the molecule is CCOC(=O)C1(c2ccc3cc(Cn4c(CC)nc5c(C)cc(C)nc54)ccc3c2)CC=CC1. The maximum Gasteiger partial charge on any atom is 0.317 e. The van der Waals surface area contributed by atoms with E-state index in [-0.39, 0.29) is 5.97 Å². The Hall–Kier alpha value is -3.47. The van der Waals surface area contributed by atoms with Crippen molar-refractivity contribution in [3.05, 3.63) is 82.8 Å². The fraction of sp³-hybridized carbons (Fsp3) is 0.345. The quantitative estimate of drug-likeness (QED) is 0.267. The molecule has 34 heavy (non-hydrogen) atoms. The van der Waals surface area contributed by atoms with Crippen molar-refractivity contribution in [2.45, 2.75) is 58.9 Å². The molecule has 0 saturated heterocycles. The highest BCUT2D eigenvalue weighted by atomic mass is 16.5. The number of carbonyl (C=O) groups excluding carboxylic acids is 1. The van der Waals surface area contributed by atoms with E-state index in [1.54, 1.807) is 0 Å². The zero-order valence-electron chi connectivity index (χ0n) is 20.4. The van der Waals surface area contributed by atoms with Gasteiger partial charge in [-0.05, 0) is 79.3 Å². The third-order valence-electron chi connectivity index (χ3n) is 6.98. The molecule has 0 N–H and O–H groups in total. The fourth-order valence-electron chi connectivity index (χ4n) is 5.20. The largest absolute Gasteiger partial charge is 0.465 e. The summed E-state index contributed by atoms with van der Waals surface area (Å²) in [4.78, 5) is 22.6. The normalized spacial score (nSPS) is 14.8. The van der Waals surface area contributed by atoms with E-state index in [4.69, 9.17) is 14.7 Å². The molecule has 2 heterocycles. The van der Waals surface area contributed by atoms with Gasteiger partial charge in [-0.15, -0.1) is 0 Å². The Morgan fingerprint density at radius 3 is 2.47 bits per heavy atom. The Kier molecular flexibility index (Phi) is 5.72. The monoisotopic (exact) mass is 453 g/mol. The summed E-state index contributed by atoms with van der Waals surface area (Å²) < 4.78 is 7.69. The standard InChI is InChI=1S/C29H31N3O2/c1-5-25-31-26-19(3)15-20(4)30-27(26)32(25)18-21-9-10-23-17-24(12-11-22(23)16-21)29(13-7-8-14-29)28(33)34-6-2/h7-12,15-17H,5-6,13-14,18H2,1-4H3. The van der Waals surface area contributed by atoms with Gasteiger partial charge in [0.05, 0.1) is 18.6 Å². The van der Waals surface area contributed by atoms with Gasteiger partial charge in [-0.3, -0.25) is 4.79 Å². The highest BCUT2D eigenvalue weighted by Gasteiger charge is 2.42. The number of pyridine rings is 1. The lowest BCUT2D eigenvalue weighted by Crippen LogP contribution is -2.35. The molecule has 0 atom stereocenters. The Balaban J connectivity index is 1.51. The predicted octanol–water partition coefficient (Wildman–Crippen LogP) is 5.96. The molecule has 5 nitrogen and oxygen atoms in total. The molecule has 0 saturated carbocycles. The van der Waals surface area contributed by atoms with E-state index in [1.165, 1.54) is 11.1 Å². The zero-order valence-corrected chi connectivity index (χ0v) is 20.4. The number of nitrogens with zero attached hydrogens (tertiary/aromatic N) is 3. The van der Waals surface area contributed by atoms with Crippen LogP contribution >= 0.6 is 0 Å². The number of esters is 1. The Morgan fingerprint density at radius 1 is 1.00 bits per heavy atom. The highest BCUT2D eigenvalue weighted by molar-refractivity contribution is 5.89. The number of aryl methyl sites for hydroxylation is 3. The first-order valence-corrected chi connectivity index (χ1v) is 12.1. The van der Waals surface area contributed by atoms with Crippen LogP contribution in [0.1, 0.15) is 54.9 Å². The minimum Gasteiger partial charge on any atom is -0.465 e. The van der Waals surface area contributed by atoms with Gasteiger partial charge < -0.3 is 9.30 Å². The molecule has 0 bridgehead atoms. The molecule has 2 aromatic heterocycles. The molecule has 1 aliphatic rings. The van der Waals surface area contributed by atoms with E-state index in [2.05, 4.69) is 73.0 Å². The summed E-state index contributed by atoms with van der Waals surface area (Å²) in [6.45, 7) is 9.26. The summed E-state index contributed by atoms with van der Waals surface area (Å²) in [7, 11) is 0. The average Bonchev–Trinajstić information content (AvgIpc) is 3.45. The number of hydrogen-bond donors (Lipinski definition) is 0. The van der Waals surface area contributed by atoms with Crippen molar-refractivity contribution in [1.82, 2.24) is 14.5 Å². The maximum atomic E-state index is 12.9. The number of hydrogen-bond acceptors (Lipinski definition) is 4. The summed E-state index contributed by atoms with van der Waals surface area (Å²) in [5.41, 5.74) is 5.75. The van der Waals surface area contributed by atoms with Crippen LogP contribution in [0, 0.1) is 13.8 Å². The highest BCUT2D eigenvalue weighted by Crippen LogP contribution is 2.39. The van der Waals surface area contributed by atoms with Crippen LogP contribution in [0.15, 0.2) is 54.6 Å². The van der Waals surface area contributed by atoms with E-state index in [1.807, 2.05) is 13.8 Å². The van der Waals surface area contributed by atoms with Crippen LogP contribution in [-0.4, -0.2) is 27.1 Å². The third-order valence-corrected chi connectivity index (χ3v) is 6.98. The molecule has 5 rings (SSSR count). The first-order valence-electron chi connectivity index (χ1n) is 12.1. The summed E-state index contributed by atoms with van der Waals surface area (Å²) in [5, 5.41) is 2.29. The maximum absolute atomic E-state index is 12.9. The second kappa shape index (κ2) is 8.71. The molecule has 4 aromatic rings. The van der Waals surface area contributed by atoms with Crippen LogP contribution in [0.25, 0.3) is 21.9 Å². The minimum atomic E-state index is -0.601. The van der Waals surface area contributed by atoms with Gasteiger partial charge >= 0.3 is 5.97 Å². The van der Waals surface area contributed by atoms with Gasteiger partial charge in [0.1, 0.15) is 11.3 Å². The smallest absolute Gasteiger partial charge is 0.317 e. The van der Waals surface area contributed by atoms with Gasteiger partial charge in [0.15, 0.2) is 5.65 Å². The molecule has 0 fully saturated rings. The average molecular weight is 454 g/mol. The summed E-state index contributed by atoms with van der Waals surface area (Å²) in [6, 6.07) is 15.0. The molecule has 174 valence electrons. The fourth-order valence-corrected chi connectivity index (χ4v) is 5.20. The molecule has 0 spiro atoms. The van der Waals surface area contributed by atoms with E-state index in [0.29, 0.717) is 19.4 Å². The van der Waals surface area contributed by atoms with Gasteiger partial charge in [0.2, 0.25) is 0 Å². The van der Waals surface area contributed by atoms with Crippen LogP contribution in [0.3, 0.4) is 0 Å². The van der Waals surface area contributed by atoms with Crippen molar-refractivity contribution in [3.63, 3.8) is 0 Å². The van der Waals surface area contributed by atoms with Crippen molar-refractivity contribution in [2.24, 2.45) is 0 Å². The number of aromatic nitrogens is 3. The van der Waals surface area contributed by atoms with E-state index < -0.39 is 5.41 Å². The molecule has 0 unspecified atom stereocenters. The molecular weight excluding hydrogens is 422 g/mol. The van der Waals surface area contributed by atoms with Gasteiger partial charge in [0.25, 0.3) is 0 Å². The number of imidazole rings is 1. The Morgan fingerprint density at radius 2 is 1.74 bits per heavy atom. The van der Waals surface area contributed by atoms with Crippen molar-refractivity contribution in [1.29, 1.82) is 0 Å². The predicted molar refractivity (Wildman–Crippen MR) is 136 cm³/mol. The van der Waals surface area contributed by atoms with E-state index in [9.17, 15) is 4.79 Å². The number of benzene rings is 2. The van der Waals surface area contributed by atoms with Crippen molar-refractivity contribution < 1.29 is 9.53 Å². The van der Waals surface area contributed by atoms with Crippen molar-refractivity contribution in [2.75, 3.05) is 6.61 Å². The first-order chi connectivity index (χ1) is 16.4. The number of rotatable bonds is 6. The molecule has 0 amide bonds. The summed E-state index contributed by atoms with van der Waals surface area (Å²) >= 11 is 0. The van der Waals surface area contributed by atoms with Crippen LogP contribution in [0.2, 0.25) is 0 Å². The van der Waals surface area contributed by atoms with Crippen LogP contribution in [-0.2, 0) is 27.9 Å². The molecule has 5 heteroatoms. The third kappa shape index (κ3) is 3.69. The van der Waals surface area contributed by atoms with Gasteiger partial charge in [-0.2, -0.15) is 0 Å². The van der Waals surface area contributed by atoms with Crippen molar-refractivity contribution >= 4 is 27.9 Å². The van der Waals surface area contributed by atoms with Crippen LogP contribution < -0.4 is 0 Å². The van der Waals surface area contributed by atoms with Crippen molar-refractivity contribution in [3.8, 4) is 0 Å². The Bertz CT molecular complexity index is 1420. The topological polar surface area (TPSA) is 57.0 Å². The van der Waals surface area contributed by atoms with Gasteiger partial charge in [-0.25, -0.2) is 9.97 Å². The lowest BCUT2D eigenvalue weighted by Gasteiger charge is -2.27. The number of fused-ring (bicyclic) bond motifs is 2. The summed E-state index contributed by atoms with van der Waals surface area (Å²) in [5.74, 6) is 0.921. The number of allylic oxidation sites excluding steroid dienone is 2. The van der Waals surface area contributed by atoms with Gasteiger partial charge in [-0.1, -0.05) is 43.3 Å². The Labute approximate surface area is 200 Å². The lowest BCUT2D eigenvalue weighted by atomic mass is 9.77.